The highest BCUT2D eigenvalue weighted by Crippen LogP contribution is 2.31. The zero-order chi connectivity index (χ0) is 54.4. The van der Waals surface area contributed by atoms with E-state index in [1.165, 1.54) is 30.3 Å². The molecule has 2 saturated heterocycles. The highest BCUT2D eigenvalue weighted by molar-refractivity contribution is 6.15. The van der Waals surface area contributed by atoms with Gasteiger partial charge >= 0.3 is 12.1 Å². The van der Waals surface area contributed by atoms with E-state index in [4.69, 9.17) is 14.2 Å². The number of carboxylic acids is 1. The molecule has 1 aromatic heterocycles. The number of alkyl carbamates (subject to hydrolysis) is 1. The van der Waals surface area contributed by atoms with Crippen molar-refractivity contribution in [3.8, 4) is 11.5 Å². The zero-order valence-corrected chi connectivity index (χ0v) is 41.8. The number of likely N-dealkylation sites (tertiary alicyclic amines) is 1. The van der Waals surface area contributed by atoms with E-state index in [2.05, 4.69) is 21.3 Å². The predicted octanol–water partition coefficient (Wildman–Crippen LogP) is 1.11. The molecule has 4 heterocycles. The lowest BCUT2D eigenvalue weighted by Gasteiger charge is -2.38. The van der Waals surface area contributed by atoms with Crippen LogP contribution in [0.4, 0.5) is 10.5 Å². The quantitative estimate of drug-likeness (QED) is 0.0312. The van der Waals surface area contributed by atoms with Crippen LogP contribution < -0.4 is 30.6 Å². The van der Waals surface area contributed by atoms with Gasteiger partial charge in [0.15, 0.2) is 25.0 Å². The largest absolute Gasteiger partial charge is 0.508 e. The van der Waals surface area contributed by atoms with Crippen molar-refractivity contribution in [3.05, 3.63) is 102 Å². The first-order chi connectivity index (χ1) is 35.6. The number of nitrogens with one attached hydrogen (secondary N) is 4. The van der Waals surface area contributed by atoms with Crippen molar-refractivity contribution in [3.63, 3.8) is 0 Å². The van der Waals surface area contributed by atoms with Gasteiger partial charge in [0.25, 0.3) is 17.7 Å². The fourth-order valence-corrected chi connectivity index (χ4v) is 8.49. The molecule has 0 radical (unpaired) electrons. The summed E-state index contributed by atoms with van der Waals surface area (Å²) in [5.41, 5.74) is 0.846. The number of carboxylic acid groups (broad SMARTS) is 1. The number of piperidine rings is 1. The van der Waals surface area contributed by atoms with Gasteiger partial charge in [-0.3, -0.25) is 33.7 Å². The van der Waals surface area contributed by atoms with E-state index in [0.29, 0.717) is 47.1 Å². The molecule has 23 heteroatoms. The second-order valence-electron chi connectivity index (χ2n) is 19.3. The topological polar surface area (TPSA) is 324 Å². The Morgan fingerprint density at radius 2 is 1.61 bits per heavy atom. The molecule has 6 rings (SSSR count). The second-order valence-corrected chi connectivity index (χ2v) is 19.3. The van der Waals surface area contributed by atoms with Crippen LogP contribution in [-0.4, -0.2) is 158 Å². The molecule has 3 aliphatic rings. The van der Waals surface area contributed by atoms with Crippen molar-refractivity contribution in [2.75, 3.05) is 38.0 Å². The fourth-order valence-electron chi connectivity index (χ4n) is 8.49. The molecule has 75 heavy (non-hydrogen) atoms. The molecule has 0 aliphatic carbocycles. The summed E-state index contributed by atoms with van der Waals surface area (Å²) in [5.74, 6) is -4.76. The van der Waals surface area contributed by atoms with Gasteiger partial charge in [-0.15, -0.1) is 0 Å². The van der Waals surface area contributed by atoms with Crippen molar-refractivity contribution in [2.24, 2.45) is 5.92 Å². The molecule has 3 aliphatic heterocycles. The van der Waals surface area contributed by atoms with E-state index < -0.39 is 84.6 Å². The third-order valence-electron chi connectivity index (χ3n) is 12.3. The average molecular weight is 1040 g/mol. The smallest absolute Gasteiger partial charge is 0.407 e. The zero-order valence-electron chi connectivity index (χ0n) is 41.8. The maximum Gasteiger partial charge on any atom is 0.407 e. The van der Waals surface area contributed by atoms with E-state index in [1.807, 2.05) is 4.90 Å². The van der Waals surface area contributed by atoms with Gasteiger partial charge in [0, 0.05) is 73.6 Å². The van der Waals surface area contributed by atoms with Crippen LogP contribution in [0.5, 0.6) is 11.5 Å². The van der Waals surface area contributed by atoms with Crippen LogP contribution in [0.25, 0.3) is 6.08 Å². The Kier molecular flexibility index (Phi) is 19.6. The number of aliphatic hydroxyl groups is 3. The Morgan fingerprint density at radius 3 is 2.31 bits per heavy atom. The molecule has 0 saturated carbocycles. The first-order valence-electron chi connectivity index (χ1n) is 24.5. The molecule has 6 atom stereocenters. The first-order valence-corrected chi connectivity index (χ1v) is 24.5. The molecule has 0 spiro atoms. The molecule has 9 N–H and O–H groups in total. The van der Waals surface area contributed by atoms with Crippen LogP contribution in [0.3, 0.4) is 0 Å². The Labute approximate surface area is 432 Å². The van der Waals surface area contributed by atoms with E-state index >= 15 is 0 Å². The number of aliphatic carboxylic acids is 1. The molecule has 0 bridgehead atoms. The van der Waals surface area contributed by atoms with E-state index in [9.17, 15) is 63.9 Å². The first kappa shape index (κ1) is 56.6. The number of carbonyl (C=O) groups is 8. The van der Waals surface area contributed by atoms with E-state index in [-0.39, 0.29) is 48.5 Å². The average Bonchev–Trinajstić information content (AvgIpc) is 3.69. The number of imide groups is 1. The summed E-state index contributed by atoms with van der Waals surface area (Å²) in [7, 11) is 0. The number of rotatable bonds is 21. The minimum absolute atomic E-state index is 0.0116. The number of aromatic nitrogens is 1. The number of amides is 7. The summed E-state index contributed by atoms with van der Waals surface area (Å²) >= 11 is 0. The van der Waals surface area contributed by atoms with Gasteiger partial charge in [-0.05, 0) is 94.5 Å². The van der Waals surface area contributed by atoms with Crippen LogP contribution in [0.15, 0.2) is 85.2 Å². The predicted molar refractivity (Wildman–Crippen MR) is 265 cm³/mol. The Bertz CT molecular complexity index is 2630. The van der Waals surface area contributed by atoms with Crippen LogP contribution >= 0.6 is 0 Å². The molecule has 2 fully saturated rings. The van der Waals surface area contributed by atoms with Crippen molar-refractivity contribution in [2.45, 2.75) is 108 Å². The number of hydrogen-bond acceptors (Lipinski definition) is 15. The molecule has 2 aromatic carbocycles. The number of phenolic OH excluding ortho intramolecular Hbond substituents is 1. The Balaban J connectivity index is 1.04. The minimum Gasteiger partial charge on any atom is -0.508 e. The number of ether oxygens (including phenoxy) is 3. The van der Waals surface area contributed by atoms with E-state index in [0.717, 1.165) is 44.3 Å². The summed E-state index contributed by atoms with van der Waals surface area (Å²) in [6.45, 7) is 6.04. The summed E-state index contributed by atoms with van der Waals surface area (Å²) in [5, 5.41) is 61.1. The Morgan fingerprint density at radius 1 is 0.880 bits per heavy atom. The normalized spacial score (nSPS) is 20.4. The summed E-state index contributed by atoms with van der Waals surface area (Å²) in [6, 6.07) is 12.9. The third-order valence-corrected chi connectivity index (χ3v) is 12.3. The lowest BCUT2D eigenvalue weighted by Crippen LogP contribution is -2.61. The summed E-state index contributed by atoms with van der Waals surface area (Å²) in [4.78, 5) is 104. The van der Waals surface area contributed by atoms with Crippen molar-refractivity contribution in [1.29, 1.82) is 0 Å². The highest BCUT2D eigenvalue weighted by atomic mass is 16.7. The van der Waals surface area contributed by atoms with Gasteiger partial charge in [0.05, 0.1) is 12.2 Å². The van der Waals surface area contributed by atoms with Gasteiger partial charge in [-0.25, -0.2) is 14.2 Å². The third kappa shape index (κ3) is 16.4. The molecule has 0 unspecified atom stereocenters. The van der Waals surface area contributed by atoms with Crippen LogP contribution in [-0.2, 0) is 44.8 Å². The fraction of sp³-hybridized carbons (Fsp3) is 0.442. The number of unbranched alkanes of at least 4 members (excludes halogenated alkanes) is 1. The van der Waals surface area contributed by atoms with Gasteiger partial charge in [0.1, 0.15) is 41.5 Å². The van der Waals surface area contributed by atoms with Crippen LogP contribution in [0.1, 0.15) is 80.8 Å². The van der Waals surface area contributed by atoms with Crippen molar-refractivity contribution >= 4 is 59.3 Å². The summed E-state index contributed by atoms with van der Waals surface area (Å²) < 4.78 is 18.1. The van der Waals surface area contributed by atoms with Gasteiger partial charge in [0.2, 0.25) is 24.0 Å². The van der Waals surface area contributed by atoms with Crippen LogP contribution in [0, 0.1) is 5.92 Å². The monoisotopic (exact) mass is 1040 g/mol. The number of pyridine rings is 1. The SMILES string of the molecule is CC(C)(C)OC(=O)NC[C@@H](C(=O)NCCC(=O)Nc1cc(C[n+]2cccc(/C=C/C(=O)NCCCCC3CCN(C(=O)c4cccc(O)c4)CC3)c2)ccc1O[C@@H]1O[C@H](C(=O)O)[C@@H](O)[C@H](O)[C@H]1O)N1C(=O)C=CC1=O. The minimum atomic E-state index is -1.99. The molecule has 402 valence electrons. The van der Waals surface area contributed by atoms with Crippen LogP contribution in [0.2, 0.25) is 0 Å². The van der Waals surface area contributed by atoms with Gasteiger partial charge < -0.3 is 65.9 Å². The number of carbonyl (C=O) groups excluding carboxylic acids is 7. The number of phenols is 1. The number of benzene rings is 2. The number of aromatic hydroxyl groups is 1. The lowest BCUT2D eigenvalue weighted by molar-refractivity contribution is -0.688. The van der Waals surface area contributed by atoms with Crippen molar-refractivity contribution < 1.29 is 82.7 Å². The number of aliphatic hydroxyl groups excluding tert-OH is 3. The van der Waals surface area contributed by atoms with Crippen molar-refractivity contribution in [1.82, 2.24) is 25.8 Å². The second kappa shape index (κ2) is 26.0. The molecule has 7 amide bonds. The number of anilines is 1. The Hall–Kier alpha value is -7.73. The lowest BCUT2D eigenvalue weighted by atomic mass is 9.91. The number of nitrogens with zero attached hydrogens (tertiary/aromatic N) is 3. The maximum absolute atomic E-state index is 13.5. The molecule has 3 aromatic rings. The highest BCUT2D eigenvalue weighted by Gasteiger charge is 2.48. The summed E-state index contributed by atoms with van der Waals surface area (Å²) in [6.07, 6.45) is 2.04. The number of hydrogen-bond donors (Lipinski definition) is 9. The molecule has 23 nitrogen and oxygen atoms in total. The van der Waals surface area contributed by atoms with Gasteiger partial charge in [-0.2, -0.15) is 0 Å². The molecular weight excluding hydrogens is 979 g/mol. The maximum atomic E-state index is 13.5. The molecular formula is C52H64N7O16+. The van der Waals surface area contributed by atoms with Gasteiger partial charge in [-0.1, -0.05) is 18.9 Å². The van der Waals surface area contributed by atoms with E-state index in [1.54, 1.807) is 74.1 Å². The standard InChI is InChI=1S/C52H63N7O16/c1-52(2,3)75-51(72)55-28-37(59-41(63)16-17-42(59)64)47(68)54-22-18-40(62)56-36-26-33(12-14-38(36)73-50-45(67)43(65)44(66)46(74-50)49(70)71)30-57-23-7-9-32(29-57)13-15-39(61)53-21-5-4-8-31-19-24-58(25-20-31)48(69)34-10-6-11-35(60)27-34/h6-7,9-17,23,26-27,29,31,37,43-46,50,65-67H,4-5,8,18-22,24-25,28,30H2,1-3H3,(H5-,53,54,55,56,60,61,62,68,70,71,72)/p+1/b15-13+/t37-,43-,44-,45+,46-,50+/m0/s1.